The third-order valence-electron chi connectivity index (χ3n) is 7.66. The molecule has 2 unspecified atom stereocenters. The first-order valence-corrected chi connectivity index (χ1v) is 20.2. The van der Waals surface area contributed by atoms with Crippen LogP contribution in [0.5, 0.6) is 11.5 Å². The number of hydrogen-bond donors (Lipinski definition) is 2. The van der Waals surface area contributed by atoms with Gasteiger partial charge in [0.2, 0.25) is 22.1 Å². The van der Waals surface area contributed by atoms with Crippen LogP contribution >= 0.6 is 0 Å². The maximum absolute atomic E-state index is 13.9. The van der Waals surface area contributed by atoms with Crippen molar-refractivity contribution in [3.8, 4) is 11.5 Å². The van der Waals surface area contributed by atoms with Crippen molar-refractivity contribution < 1.29 is 49.7 Å². The van der Waals surface area contributed by atoms with Gasteiger partial charge in [-0.3, -0.25) is 0 Å². The van der Waals surface area contributed by atoms with Crippen molar-refractivity contribution in [1.29, 1.82) is 0 Å². The van der Waals surface area contributed by atoms with Crippen LogP contribution in [0.15, 0.2) is 87.7 Å². The molecule has 0 bridgehead atoms. The van der Waals surface area contributed by atoms with E-state index >= 15 is 0 Å². The lowest BCUT2D eigenvalue weighted by Gasteiger charge is -2.35. The SMILES string of the molecule is Cc1cc(OC(CC(ON=C(N)N)C(=O)OC(C)(C)C)C(=O)OC(C)(C)C)cc(OS(=O)(=O)c2ccccc2S(=O)(=O)N2CCN(c3ccccc3)CC2)c1. The molecule has 0 radical (unpaired) electrons. The van der Waals surface area contributed by atoms with Gasteiger partial charge >= 0.3 is 22.1 Å². The van der Waals surface area contributed by atoms with Crippen molar-refractivity contribution in [3.63, 3.8) is 0 Å². The van der Waals surface area contributed by atoms with Crippen LogP contribution in [0.2, 0.25) is 0 Å². The van der Waals surface area contributed by atoms with Crippen molar-refractivity contribution in [3.05, 3.63) is 78.4 Å². The lowest BCUT2D eigenvalue weighted by molar-refractivity contribution is -0.174. The number of rotatable bonds is 14. The highest BCUT2D eigenvalue weighted by Gasteiger charge is 2.37. The average Bonchev–Trinajstić information content (AvgIpc) is 3.08. The Labute approximate surface area is 322 Å². The van der Waals surface area contributed by atoms with Crippen LogP contribution in [0.4, 0.5) is 5.69 Å². The lowest BCUT2D eigenvalue weighted by Crippen LogP contribution is -2.48. The number of para-hydroxylation sites is 1. The van der Waals surface area contributed by atoms with Crippen LogP contribution in [0, 0.1) is 6.92 Å². The Bertz CT molecular complexity index is 2070. The second-order valence-corrected chi connectivity index (χ2v) is 18.1. The minimum absolute atomic E-state index is 0.0527. The zero-order valence-electron chi connectivity index (χ0n) is 31.9. The summed E-state index contributed by atoms with van der Waals surface area (Å²) in [6, 6.07) is 18.8. The molecular weight excluding hydrogens is 755 g/mol. The number of carbonyl (C=O) groups is 2. The number of nitrogens with two attached hydrogens (primary N) is 2. The quantitative estimate of drug-likeness (QED) is 0.0782. The monoisotopic (exact) mass is 803 g/mol. The summed E-state index contributed by atoms with van der Waals surface area (Å²) in [4.78, 5) is 32.8. The molecule has 300 valence electrons. The fourth-order valence-corrected chi connectivity index (χ4v) is 8.55. The summed E-state index contributed by atoms with van der Waals surface area (Å²) < 4.78 is 79.2. The molecule has 1 aliphatic rings. The Balaban J connectivity index is 1.61. The second kappa shape index (κ2) is 17.2. The second-order valence-electron chi connectivity index (χ2n) is 14.7. The van der Waals surface area contributed by atoms with Crippen LogP contribution in [0.3, 0.4) is 0 Å². The number of anilines is 1. The fraction of sp³-hybridized carbons (Fsp3) is 0.432. The number of ether oxygens (including phenoxy) is 3. The highest BCUT2D eigenvalue weighted by molar-refractivity contribution is 7.91. The molecule has 0 aromatic heterocycles. The number of nitrogens with zero attached hydrogens (tertiary/aromatic N) is 3. The molecule has 3 aromatic rings. The number of guanidine groups is 1. The van der Waals surface area contributed by atoms with Crippen LogP contribution in [0.1, 0.15) is 53.5 Å². The van der Waals surface area contributed by atoms with E-state index in [2.05, 4.69) is 10.1 Å². The van der Waals surface area contributed by atoms with Crippen LogP contribution in [-0.2, 0) is 44.0 Å². The first kappa shape index (κ1) is 42.7. The summed E-state index contributed by atoms with van der Waals surface area (Å²) in [7, 11) is -9.04. The van der Waals surface area contributed by atoms with Gasteiger partial charge < -0.3 is 39.6 Å². The van der Waals surface area contributed by atoms with Gasteiger partial charge in [0.15, 0.2) is 6.10 Å². The number of aryl methyl sites for hydroxylation is 1. The number of piperazine rings is 1. The topological polar surface area (TPSA) is 219 Å². The maximum Gasteiger partial charge on any atom is 0.350 e. The summed E-state index contributed by atoms with van der Waals surface area (Å²) in [5.41, 5.74) is 10.3. The van der Waals surface area contributed by atoms with Crippen molar-refractivity contribution in [2.45, 2.75) is 88.1 Å². The fourth-order valence-electron chi connectivity index (χ4n) is 5.43. The van der Waals surface area contributed by atoms with Crippen LogP contribution in [0.25, 0.3) is 0 Å². The van der Waals surface area contributed by atoms with Gasteiger partial charge in [0.1, 0.15) is 32.5 Å². The maximum atomic E-state index is 13.9. The van der Waals surface area contributed by atoms with Gasteiger partial charge in [0.25, 0.3) is 0 Å². The molecule has 1 fully saturated rings. The smallest absolute Gasteiger partial charge is 0.350 e. The molecule has 4 N–H and O–H groups in total. The highest BCUT2D eigenvalue weighted by Crippen LogP contribution is 2.31. The van der Waals surface area contributed by atoms with Gasteiger partial charge in [0.05, 0.1) is 0 Å². The van der Waals surface area contributed by atoms with E-state index in [1.54, 1.807) is 48.5 Å². The molecular formula is C37H49N5O11S2. The zero-order valence-corrected chi connectivity index (χ0v) is 33.6. The molecule has 18 heteroatoms. The number of oxime groups is 1. The predicted octanol–water partition coefficient (Wildman–Crippen LogP) is 3.67. The minimum atomic E-state index is -4.77. The Hall–Kier alpha value is -5.07. The largest absolute Gasteiger partial charge is 0.478 e. The van der Waals surface area contributed by atoms with E-state index in [1.165, 1.54) is 40.7 Å². The van der Waals surface area contributed by atoms with E-state index in [9.17, 15) is 26.4 Å². The number of carbonyl (C=O) groups excluding carboxylic acids is 2. The third-order valence-corrected chi connectivity index (χ3v) is 11.1. The molecule has 1 heterocycles. The van der Waals surface area contributed by atoms with Gasteiger partial charge in [0, 0.05) is 44.4 Å². The first-order chi connectivity index (χ1) is 25.5. The molecule has 16 nitrogen and oxygen atoms in total. The average molecular weight is 804 g/mol. The van der Waals surface area contributed by atoms with Crippen molar-refractivity contribution in [2.75, 3.05) is 31.1 Å². The van der Waals surface area contributed by atoms with Gasteiger partial charge in [-0.25, -0.2) is 18.0 Å². The molecule has 2 atom stereocenters. The Morgan fingerprint density at radius 2 is 1.27 bits per heavy atom. The number of sulfonamides is 1. The molecule has 0 amide bonds. The Morgan fingerprint density at radius 3 is 1.84 bits per heavy atom. The summed E-state index contributed by atoms with van der Waals surface area (Å²) in [6.45, 7) is 12.5. The molecule has 0 aliphatic carbocycles. The number of benzene rings is 3. The van der Waals surface area contributed by atoms with E-state index in [4.69, 9.17) is 34.7 Å². The van der Waals surface area contributed by atoms with Gasteiger partial charge in [-0.05, 0) is 95.6 Å². The molecule has 55 heavy (non-hydrogen) atoms. The van der Waals surface area contributed by atoms with Crippen molar-refractivity contribution in [1.82, 2.24) is 4.31 Å². The van der Waals surface area contributed by atoms with E-state index < -0.39 is 77.7 Å². The lowest BCUT2D eigenvalue weighted by atomic mass is 10.1. The number of esters is 2. The van der Waals surface area contributed by atoms with E-state index in [1.807, 2.05) is 30.3 Å². The molecule has 3 aromatic carbocycles. The Morgan fingerprint density at radius 1 is 0.745 bits per heavy atom. The summed E-state index contributed by atoms with van der Waals surface area (Å²) in [5, 5.41) is 3.47. The molecule has 0 saturated carbocycles. The van der Waals surface area contributed by atoms with Crippen molar-refractivity contribution >= 4 is 43.7 Å². The standard InChI is InChI=1S/C37H49N5O11S2/c1-25-21-27(49-29(33(43)50-36(2,3)4)24-30(52-40-35(38)39)34(44)51-37(5,6)7)23-28(22-25)53-55(47,48)32-16-12-11-15-31(32)54(45,46)42-19-17-41(18-20-42)26-13-9-8-10-14-26/h8-16,21-23,29-30H,17-20,24H2,1-7H3,(H4,38,39,40). The molecule has 1 aliphatic heterocycles. The van der Waals surface area contributed by atoms with E-state index in [0.29, 0.717) is 18.7 Å². The number of hydrogen-bond acceptors (Lipinski definition) is 13. The normalized spacial score (nSPS) is 15.3. The summed E-state index contributed by atoms with van der Waals surface area (Å²) >= 11 is 0. The molecule has 0 spiro atoms. The van der Waals surface area contributed by atoms with Crippen LogP contribution < -0.4 is 25.3 Å². The van der Waals surface area contributed by atoms with E-state index in [0.717, 1.165) is 11.8 Å². The summed E-state index contributed by atoms with van der Waals surface area (Å²) in [6.07, 6.45) is -3.57. The highest BCUT2D eigenvalue weighted by atomic mass is 32.2. The predicted molar refractivity (Wildman–Crippen MR) is 204 cm³/mol. The minimum Gasteiger partial charge on any atom is -0.478 e. The van der Waals surface area contributed by atoms with Crippen molar-refractivity contribution in [2.24, 2.45) is 16.6 Å². The molecule has 4 rings (SSSR count). The van der Waals surface area contributed by atoms with Gasteiger partial charge in [-0.15, -0.1) is 0 Å². The van der Waals surface area contributed by atoms with Gasteiger partial charge in [-0.1, -0.05) is 30.3 Å². The third kappa shape index (κ3) is 12.2. The summed E-state index contributed by atoms with van der Waals surface area (Å²) in [5.74, 6) is -2.59. The Kier molecular flexibility index (Phi) is 13.3. The molecule has 1 saturated heterocycles. The zero-order chi connectivity index (χ0) is 40.8. The first-order valence-electron chi connectivity index (χ1n) is 17.4. The van der Waals surface area contributed by atoms with E-state index in [-0.39, 0.29) is 24.6 Å². The van der Waals surface area contributed by atoms with Crippen LogP contribution in [-0.4, -0.2) is 88.6 Å². The van der Waals surface area contributed by atoms with Gasteiger partial charge in [-0.2, -0.15) is 12.7 Å².